The molecule has 9 heteroatoms. The number of hydrogen-bond acceptors (Lipinski definition) is 7. The van der Waals surface area contributed by atoms with Gasteiger partial charge in [0.1, 0.15) is 5.75 Å². The number of ether oxygens (including phenoxy) is 1. The summed E-state index contributed by atoms with van der Waals surface area (Å²) in [6.07, 6.45) is 1.77. The van der Waals surface area contributed by atoms with Gasteiger partial charge < -0.3 is 4.74 Å². The van der Waals surface area contributed by atoms with Crippen LogP contribution in [0.5, 0.6) is 5.75 Å². The van der Waals surface area contributed by atoms with Crippen molar-refractivity contribution in [3.8, 4) is 5.75 Å². The maximum absolute atomic E-state index is 13.3. The van der Waals surface area contributed by atoms with Crippen molar-refractivity contribution in [3.05, 3.63) is 88.2 Å². The van der Waals surface area contributed by atoms with Crippen molar-refractivity contribution in [2.75, 3.05) is 11.5 Å². The van der Waals surface area contributed by atoms with Gasteiger partial charge in [-0.15, -0.1) is 0 Å². The maximum Gasteiger partial charge on any atom is 0.269 e. The Labute approximate surface area is 188 Å². The van der Waals surface area contributed by atoms with E-state index in [1.807, 2.05) is 43.3 Å². The lowest BCUT2D eigenvalue weighted by Crippen LogP contribution is -2.32. The second kappa shape index (κ2) is 9.52. The van der Waals surface area contributed by atoms with Crippen molar-refractivity contribution in [1.29, 1.82) is 0 Å². The first-order valence-electron chi connectivity index (χ1n) is 10.0. The number of anilines is 1. The molecule has 0 fully saturated rings. The third-order valence-electron chi connectivity index (χ3n) is 4.74. The normalized spacial score (nSPS) is 10.8. The Kier molecular flexibility index (Phi) is 6.37. The average molecular weight is 449 g/mol. The number of amides is 1. The quantitative estimate of drug-likeness (QED) is 0.284. The van der Waals surface area contributed by atoms with Crippen LogP contribution in [-0.2, 0) is 17.8 Å². The molecule has 0 radical (unpaired) electrons. The fourth-order valence-electron chi connectivity index (χ4n) is 3.19. The third-order valence-corrected chi connectivity index (χ3v) is 5.78. The zero-order valence-corrected chi connectivity index (χ0v) is 18.1. The fraction of sp³-hybridized carbons (Fsp3) is 0.174. The van der Waals surface area contributed by atoms with E-state index in [2.05, 4.69) is 9.97 Å². The van der Waals surface area contributed by atoms with Crippen molar-refractivity contribution in [2.45, 2.75) is 19.9 Å². The molecule has 1 amide bonds. The molecule has 4 aromatic rings. The van der Waals surface area contributed by atoms with Gasteiger partial charge >= 0.3 is 0 Å². The van der Waals surface area contributed by atoms with E-state index >= 15 is 0 Å². The molecule has 0 atom stereocenters. The Hall–Kier alpha value is -3.85. The van der Waals surface area contributed by atoms with E-state index in [-0.39, 0.29) is 24.6 Å². The molecule has 8 nitrogen and oxygen atoms in total. The molecule has 2 aromatic carbocycles. The molecule has 2 heterocycles. The lowest BCUT2D eigenvalue weighted by Gasteiger charge is -2.19. The lowest BCUT2D eigenvalue weighted by molar-refractivity contribution is -0.384. The number of nitrogens with zero attached hydrogens (tertiary/aromatic N) is 4. The maximum atomic E-state index is 13.3. The number of carbonyl (C=O) groups is 1. The molecule has 162 valence electrons. The number of non-ortho nitro benzene ring substituents is 1. The van der Waals surface area contributed by atoms with Crippen LogP contribution in [0.2, 0.25) is 0 Å². The van der Waals surface area contributed by atoms with Crippen LogP contribution in [0.15, 0.2) is 66.9 Å². The molecule has 0 bridgehead atoms. The standard InChI is InChI=1S/C23H20N4O4S/c1-2-31-19-10-11-20-21(14-19)32-23(25-20)26(15-17-5-3-4-12-24-17)22(28)13-16-6-8-18(9-7-16)27(29)30/h3-12,14H,2,13,15H2,1H3. The van der Waals surface area contributed by atoms with Gasteiger partial charge in [-0.3, -0.25) is 24.8 Å². The molecule has 2 aromatic heterocycles. The van der Waals surface area contributed by atoms with E-state index in [9.17, 15) is 14.9 Å². The number of carbonyl (C=O) groups excluding carboxylic acids is 1. The number of aromatic nitrogens is 2. The monoisotopic (exact) mass is 448 g/mol. The molecular weight excluding hydrogens is 428 g/mol. The number of pyridine rings is 1. The van der Waals surface area contributed by atoms with Gasteiger partial charge in [-0.1, -0.05) is 29.5 Å². The first kappa shape index (κ1) is 21.4. The van der Waals surface area contributed by atoms with Gasteiger partial charge in [-0.2, -0.15) is 0 Å². The van der Waals surface area contributed by atoms with Crippen molar-refractivity contribution in [3.63, 3.8) is 0 Å². The Balaban J connectivity index is 1.64. The van der Waals surface area contributed by atoms with Gasteiger partial charge in [0.25, 0.3) is 5.69 Å². The van der Waals surface area contributed by atoms with Crippen LogP contribution in [0.1, 0.15) is 18.2 Å². The molecule has 0 spiro atoms. The number of hydrogen-bond donors (Lipinski definition) is 0. The van der Waals surface area contributed by atoms with Crippen LogP contribution in [-0.4, -0.2) is 27.4 Å². The van der Waals surface area contributed by atoms with E-state index in [0.717, 1.165) is 21.7 Å². The minimum atomic E-state index is -0.462. The van der Waals surface area contributed by atoms with Crippen LogP contribution in [0.25, 0.3) is 10.2 Å². The fourth-order valence-corrected chi connectivity index (χ4v) is 4.20. The first-order valence-corrected chi connectivity index (χ1v) is 10.8. The second-order valence-corrected chi connectivity index (χ2v) is 7.97. The summed E-state index contributed by atoms with van der Waals surface area (Å²) >= 11 is 1.41. The zero-order chi connectivity index (χ0) is 22.5. The van der Waals surface area contributed by atoms with Crippen LogP contribution in [0.3, 0.4) is 0 Å². The smallest absolute Gasteiger partial charge is 0.269 e. The largest absolute Gasteiger partial charge is 0.494 e. The Morgan fingerprint density at radius 3 is 2.66 bits per heavy atom. The SMILES string of the molecule is CCOc1ccc2nc(N(Cc3ccccn3)C(=O)Cc3ccc([N+](=O)[O-])cc3)sc2c1. The zero-order valence-electron chi connectivity index (χ0n) is 17.3. The Morgan fingerprint density at radius 1 is 1.16 bits per heavy atom. The molecule has 0 aliphatic heterocycles. The summed E-state index contributed by atoms with van der Waals surface area (Å²) in [5, 5.41) is 11.5. The highest BCUT2D eigenvalue weighted by atomic mass is 32.1. The van der Waals surface area contributed by atoms with Crippen LogP contribution < -0.4 is 9.64 Å². The van der Waals surface area contributed by atoms with E-state index in [1.54, 1.807) is 23.2 Å². The summed E-state index contributed by atoms with van der Waals surface area (Å²) < 4.78 is 6.49. The van der Waals surface area contributed by atoms with Gasteiger partial charge in [-0.25, -0.2) is 4.98 Å². The van der Waals surface area contributed by atoms with Gasteiger partial charge in [0.15, 0.2) is 5.13 Å². The topological polar surface area (TPSA) is 98.5 Å². The van der Waals surface area contributed by atoms with Crippen molar-refractivity contribution in [2.24, 2.45) is 0 Å². The molecule has 0 N–H and O–H groups in total. The number of nitro groups is 1. The number of thiazole rings is 1. The number of rotatable bonds is 8. The molecule has 0 saturated heterocycles. The van der Waals surface area contributed by atoms with E-state index in [0.29, 0.717) is 17.3 Å². The summed E-state index contributed by atoms with van der Waals surface area (Å²) in [5.74, 6) is 0.581. The van der Waals surface area contributed by atoms with Gasteiger partial charge in [0, 0.05) is 18.3 Å². The highest BCUT2D eigenvalue weighted by Crippen LogP contribution is 2.32. The summed E-state index contributed by atoms with van der Waals surface area (Å²) in [6.45, 7) is 2.76. The predicted molar refractivity (Wildman–Crippen MR) is 123 cm³/mol. The van der Waals surface area contributed by atoms with E-state index in [4.69, 9.17) is 4.74 Å². The molecule has 32 heavy (non-hydrogen) atoms. The van der Waals surface area contributed by atoms with Crippen molar-refractivity contribution >= 4 is 38.3 Å². The molecular formula is C23H20N4O4S. The highest BCUT2D eigenvalue weighted by Gasteiger charge is 2.21. The second-order valence-electron chi connectivity index (χ2n) is 6.96. The Bertz CT molecular complexity index is 1240. The minimum absolute atomic E-state index is 0.0113. The van der Waals surface area contributed by atoms with Gasteiger partial charge in [-0.05, 0) is 42.8 Å². The van der Waals surface area contributed by atoms with Crippen molar-refractivity contribution in [1.82, 2.24) is 9.97 Å². The average Bonchev–Trinajstić information content (AvgIpc) is 3.21. The summed E-state index contributed by atoms with van der Waals surface area (Å²) in [6, 6.07) is 17.2. The molecule has 0 saturated carbocycles. The van der Waals surface area contributed by atoms with Crippen LogP contribution >= 0.6 is 11.3 Å². The predicted octanol–water partition coefficient (Wildman–Crippen LogP) is 4.77. The number of nitro benzene ring substituents is 1. The van der Waals surface area contributed by atoms with E-state index in [1.165, 1.54) is 23.5 Å². The molecule has 0 aliphatic carbocycles. The summed E-state index contributed by atoms with van der Waals surface area (Å²) in [7, 11) is 0. The molecule has 0 aliphatic rings. The minimum Gasteiger partial charge on any atom is -0.494 e. The van der Waals surface area contributed by atoms with Gasteiger partial charge in [0.2, 0.25) is 5.91 Å². The summed E-state index contributed by atoms with van der Waals surface area (Å²) in [5.41, 5.74) is 2.19. The highest BCUT2D eigenvalue weighted by molar-refractivity contribution is 7.22. The van der Waals surface area contributed by atoms with Gasteiger partial charge in [0.05, 0.1) is 40.4 Å². The van der Waals surface area contributed by atoms with Crippen LogP contribution in [0.4, 0.5) is 10.8 Å². The first-order chi connectivity index (χ1) is 15.5. The van der Waals surface area contributed by atoms with E-state index < -0.39 is 4.92 Å². The van der Waals surface area contributed by atoms with Crippen LogP contribution in [0, 0.1) is 10.1 Å². The Morgan fingerprint density at radius 2 is 1.97 bits per heavy atom. The third kappa shape index (κ3) is 4.89. The summed E-state index contributed by atoms with van der Waals surface area (Å²) in [4.78, 5) is 34.3. The van der Waals surface area contributed by atoms with Crippen molar-refractivity contribution < 1.29 is 14.5 Å². The lowest BCUT2D eigenvalue weighted by atomic mass is 10.1. The molecule has 4 rings (SSSR count). The number of benzene rings is 2. The molecule has 0 unspecified atom stereocenters. The number of fused-ring (bicyclic) bond motifs is 1.